The number of rotatable bonds is 5. The Bertz CT molecular complexity index is 353. The zero-order chi connectivity index (χ0) is 13.5. The van der Waals surface area contributed by atoms with E-state index in [1.807, 2.05) is 0 Å². The van der Waals surface area contributed by atoms with Gasteiger partial charge in [-0.2, -0.15) is 5.10 Å². The van der Waals surface area contributed by atoms with Crippen molar-refractivity contribution in [3.63, 3.8) is 0 Å². The first-order chi connectivity index (χ1) is 9.25. The van der Waals surface area contributed by atoms with Gasteiger partial charge in [0.1, 0.15) is 0 Å². The van der Waals surface area contributed by atoms with E-state index in [0.717, 1.165) is 37.7 Å². The van der Waals surface area contributed by atoms with Crippen LogP contribution in [0.2, 0.25) is 0 Å². The van der Waals surface area contributed by atoms with E-state index in [9.17, 15) is 0 Å². The SMILES string of the molecule is CC(C)CNCc1ccc(N2CCCCCC2)nn1. The Balaban J connectivity index is 1.86. The van der Waals surface area contributed by atoms with Crippen LogP contribution in [-0.2, 0) is 6.54 Å². The summed E-state index contributed by atoms with van der Waals surface area (Å²) >= 11 is 0. The normalized spacial score (nSPS) is 16.7. The zero-order valence-corrected chi connectivity index (χ0v) is 12.2. The van der Waals surface area contributed by atoms with Gasteiger partial charge in [0.15, 0.2) is 5.82 Å². The van der Waals surface area contributed by atoms with Crippen LogP contribution in [-0.4, -0.2) is 29.8 Å². The van der Waals surface area contributed by atoms with Crippen LogP contribution in [0, 0.1) is 5.92 Å². The topological polar surface area (TPSA) is 41.0 Å². The van der Waals surface area contributed by atoms with Gasteiger partial charge in [0.05, 0.1) is 5.69 Å². The van der Waals surface area contributed by atoms with Crippen molar-refractivity contribution in [3.05, 3.63) is 17.8 Å². The number of anilines is 1. The average molecular weight is 262 g/mol. The van der Waals surface area contributed by atoms with Gasteiger partial charge in [0, 0.05) is 19.6 Å². The number of nitrogens with zero attached hydrogens (tertiary/aromatic N) is 3. The van der Waals surface area contributed by atoms with Crippen molar-refractivity contribution in [1.29, 1.82) is 0 Å². The molecule has 106 valence electrons. The Morgan fingerprint density at radius 1 is 1.11 bits per heavy atom. The van der Waals surface area contributed by atoms with Crippen molar-refractivity contribution in [3.8, 4) is 0 Å². The van der Waals surface area contributed by atoms with Crippen LogP contribution in [0.4, 0.5) is 5.82 Å². The van der Waals surface area contributed by atoms with Crippen molar-refractivity contribution in [2.24, 2.45) is 5.92 Å². The number of nitrogens with one attached hydrogen (secondary N) is 1. The maximum Gasteiger partial charge on any atom is 0.151 e. The van der Waals surface area contributed by atoms with Crippen LogP contribution < -0.4 is 10.2 Å². The molecule has 4 nitrogen and oxygen atoms in total. The number of hydrogen-bond acceptors (Lipinski definition) is 4. The van der Waals surface area contributed by atoms with E-state index in [-0.39, 0.29) is 0 Å². The molecule has 0 radical (unpaired) electrons. The molecule has 0 aliphatic carbocycles. The molecule has 0 saturated carbocycles. The maximum atomic E-state index is 4.38. The largest absolute Gasteiger partial charge is 0.355 e. The molecule has 0 spiro atoms. The summed E-state index contributed by atoms with van der Waals surface area (Å²) in [6.45, 7) is 8.50. The molecule has 0 unspecified atom stereocenters. The second-order valence-electron chi connectivity index (χ2n) is 5.81. The molecular weight excluding hydrogens is 236 g/mol. The van der Waals surface area contributed by atoms with Crippen LogP contribution in [0.15, 0.2) is 12.1 Å². The van der Waals surface area contributed by atoms with Crippen LogP contribution in [0.3, 0.4) is 0 Å². The van der Waals surface area contributed by atoms with Gasteiger partial charge in [-0.3, -0.25) is 0 Å². The molecule has 1 aliphatic heterocycles. The smallest absolute Gasteiger partial charge is 0.151 e. The average Bonchev–Trinajstić information content (AvgIpc) is 2.68. The molecule has 19 heavy (non-hydrogen) atoms. The minimum atomic E-state index is 0.671. The van der Waals surface area contributed by atoms with Crippen LogP contribution in [0.1, 0.15) is 45.2 Å². The van der Waals surface area contributed by atoms with Crippen molar-refractivity contribution in [2.75, 3.05) is 24.5 Å². The lowest BCUT2D eigenvalue weighted by atomic mass is 10.2. The van der Waals surface area contributed by atoms with Crippen LogP contribution >= 0.6 is 0 Å². The van der Waals surface area contributed by atoms with Gasteiger partial charge in [-0.05, 0) is 37.4 Å². The van der Waals surface area contributed by atoms with Gasteiger partial charge in [0.2, 0.25) is 0 Å². The Kier molecular flexibility index (Phi) is 5.58. The molecule has 2 rings (SSSR count). The second-order valence-corrected chi connectivity index (χ2v) is 5.81. The first kappa shape index (κ1) is 14.3. The molecule has 0 atom stereocenters. The fraction of sp³-hybridized carbons (Fsp3) is 0.733. The lowest BCUT2D eigenvalue weighted by Gasteiger charge is -2.20. The summed E-state index contributed by atoms with van der Waals surface area (Å²) in [5.41, 5.74) is 1.03. The van der Waals surface area contributed by atoms with Crippen LogP contribution in [0.5, 0.6) is 0 Å². The lowest BCUT2D eigenvalue weighted by Crippen LogP contribution is -2.25. The predicted molar refractivity (Wildman–Crippen MR) is 79.3 cm³/mol. The van der Waals surface area contributed by atoms with Gasteiger partial charge in [-0.15, -0.1) is 5.10 Å². The Labute approximate surface area is 116 Å². The monoisotopic (exact) mass is 262 g/mol. The van der Waals surface area contributed by atoms with Gasteiger partial charge < -0.3 is 10.2 Å². The molecule has 4 heteroatoms. The van der Waals surface area contributed by atoms with Crippen molar-refractivity contribution in [1.82, 2.24) is 15.5 Å². The van der Waals surface area contributed by atoms with E-state index in [2.05, 4.69) is 46.4 Å². The van der Waals surface area contributed by atoms with Gasteiger partial charge >= 0.3 is 0 Å². The molecule has 0 aromatic carbocycles. The summed E-state index contributed by atoms with van der Waals surface area (Å²) in [5, 5.41) is 12.1. The minimum Gasteiger partial charge on any atom is -0.355 e. The maximum absolute atomic E-state index is 4.38. The van der Waals surface area contributed by atoms with Crippen LogP contribution in [0.25, 0.3) is 0 Å². The Hall–Kier alpha value is -1.16. The zero-order valence-electron chi connectivity index (χ0n) is 12.2. The predicted octanol–water partition coefficient (Wildman–Crippen LogP) is 2.60. The first-order valence-corrected chi connectivity index (χ1v) is 7.54. The summed E-state index contributed by atoms with van der Waals surface area (Å²) in [5.74, 6) is 1.71. The molecule has 0 bridgehead atoms. The van der Waals surface area contributed by atoms with Crippen molar-refractivity contribution >= 4 is 5.82 Å². The number of aromatic nitrogens is 2. The van der Waals surface area contributed by atoms with Crippen molar-refractivity contribution in [2.45, 2.75) is 46.1 Å². The van der Waals surface area contributed by atoms with E-state index in [1.54, 1.807) is 0 Å². The standard InChI is InChI=1S/C15H26N4/c1-13(2)11-16-12-14-7-8-15(18-17-14)19-9-5-3-4-6-10-19/h7-8,13,16H,3-6,9-12H2,1-2H3. The molecule has 0 amide bonds. The van der Waals surface area contributed by atoms with E-state index in [4.69, 9.17) is 0 Å². The molecule has 2 heterocycles. The molecular formula is C15H26N4. The summed E-state index contributed by atoms with van der Waals surface area (Å²) in [6, 6.07) is 4.21. The first-order valence-electron chi connectivity index (χ1n) is 7.54. The molecule has 1 N–H and O–H groups in total. The fourth-order valence-corrected chi connectivity index (χ4v) is 2.40. The molecule has 1 aromatic heterocycles. The highest BCUT2D eigenvalue weighted by molar-refractivity contribution is 5.37. The van der Waals surface area contributed by atoms with Gasteiger partial charge in [0.25, 0.3) is 0 Å². The summed E-state index contributed by atoms with van der Waals surface area (Å²) in [6.07, 6.45) is 5.25. The van der Waals surface area contributed by atoms with E-state index < -0.39 is 0 Å². The van der Waals surface area contributed by atoms with E-state index >= 15 is 0 Å². The number of hydrogen-bond donors (Lipinski definition) is 1. The molecule has 1 fully saturated rings. The Morgan fingerprint density at radius 3 is 2.42 bits per heavy atom. The summed E-state index contributed by atoms with van der Waals surface area (Å²) in [7, 11) is 0. The summed E-state index contributed by atoms with van der Waals surface area (Å²) < 4.78 is 0. The third-order valence-corrected chi connectivity index (χ3v) is 3.49. The highest BCUT2D eigenvalue weighted by Gasteiger charge is 2.11. The quantitative estimate of drug-likeness (QED) is 0.885. The third-order valence-electron chi connectivity index (χ3n) is 3.49. The van der Waals surface area contributed by atoms with E-state index in [1.165, 1.54) is 25.7 Å². The third kappa shape index (κ3) is 4.78. The molecule has 1 aliphatic rings. The minimum absolute atomic E-state index is 0.671. The second kappa shape index (κ2) is 7.43. The van der Waals surface area contributed by atoms with Crippen molar-refractivity contribution < 1.29 is 0 Å². The van der Waals surface area contributed by atoms with E-state index in [0.29, 0.717) is 5.92 Å². The highest BCUT2D eigenvalue weighted by Crippen LogP contribution is 2.16. The highest BCUT2D eigenvalue weighted by atomic mass is 15.3. The Morgan fingerprint density at radius 2 is 1.84 bits per heavy atom. The summed E-state index contributed by atoms with van der Waals surface area (Å²) in [4.78, 5) is 2.37. The van der Waals surface area contributed by atoms with Gasteiger partial charge in [-0.25, -0.2) is 0 Å². The lowest BCUT2D eigenvalue weighted by molar-refractivity contribution is 0.546. The molecule has 1 saturated heterocycles. The fourth-order valence-electron chi connectivity index (χ4n) is 2.40. The van der Waals surface area contributed by atoms with Gasteiger partial charge in [-0.1, -0.05) is 26.7 Å². The molecule has 1 aromatic rings.